The summed E-state index contributed by atoms with van der Waals surface area (Å²) >= 11 is 0. The summed E-state index contributed by atoms with van der Waals surface area (Å²) in [4.78, 5) is 0. The molecule has 1 N–H and O–H groups in total. The zero-order chi connectivity index (χ0) is 20.6. The van der Waals surface area contributed by atoms with Gasteiger partial charge in [0.05, 0.1) is 6.61 Å². The number of hydrogen-bond acceptors (Lipinski definition) is 2. The van der Waals surface area contributed by atoms with Crippen LogP contribution >= 0.6 is 0 Å². The topological polar surface area (TPSA) is 29.5 Å². The highest BCUT2D eigenvalue weighted by Gasteiger charge is 2.50. The van der Waals surface area contributed by atoms with E-state index in [1.54, 1.807) is 6.08 Å². The van der Waals surface area contributed by atoms with Crippen molar-refractivity contribution >= 4 is 18.7 Å². The molecular formula is C25H34O2Si. The minimum atomic E-state index is -2.48. The summed E-state index contributed by atoms with van der Waals surface area (Å²) in [5.74, 6) is 0.282. The predicted molar refractivity (Wildman–Crippen MR) is 123 cm³/mol. The molecule has 0 unspecified atom stereocenters. The summed E-state index contributed by atoms with van der Waals surface area (Å²) in [5.41, 5.74) is 1.15. The fraction of sp³-hybridized carbons (Fsp3) is 0.360. The van der Waals surface area contributed by atoms with E-state index in [4.69, 9.17) is 9.53 Å². The first-order valence-corrected chi connectivity index (χ1v) is 11.9. The van der Waals surface area contributed by atoms with Crippen LogP contribution in [0, 0.1) is 5.92 Å². The number of allylic oxidation sites excluding steroid dienone is 2. The van der Waals surface area contributed by atoms with Crippen LogP contribution in [0.4, 0.5) is 0 Å². The van der Waals surface area contributed by atoms with Crippen molar-refractivity contribution in [3.63, 3.8) is 0 Å². The molecule has 0 aliphatic rings. The maximum atomic E-state index is 8.97. The van der Waals surface area contributed by atoms with Crippen molar-refractivity contribution < 1.29 is 9.53 Å². The van der Waals surface area contributed by atoms with Crippen molar-refractivity contribution in [2.45, 2.75) is 39.7 Å². The maximum absolute atomic E-state index is 8.97. The molecule has 1 atom stereocenters. The van der Waals surface area contributed by atoms with Gasteiger partial charge in [0.2, 0.25) is 0 Å². The summed E-state index contributed by atoms with van der Waals surface area (Å²) in [6.45, 7) is 11.9. The summed E-state index contributed by atoms with van der Waals surface area (Å²) in [6.07, 6.45) is 5.94. The molecule has 28 heavy (non-hydrogen) atoms. The van der Waals surface area contributed by atoms with Crippen molar-refractivity contribution in [3.8, 4) is 0 Å². The largest absolute Gasteiger partial charge is 0.407 e. The van der Waals surface area contributed by atoms with Gasteiger partial charge in [0.25, 0.3) is 8.32 Å². The van der Waals surface area contributed by atoms with E-state index in [0.29, 0.717) is 6.61 Å². The molecule has 0 saturated heterocycles. The van der Waals surface area contributed by atoms with E-state index in [9.17, 15) is 0 Å². The van der Waals surface area contributed by atoms with Gasteiger partial charge in [-0.05, 0) is 28.3 Å². The first-order valence-electron chi connectivity index (χ1n) is 10.0. The van der Waals surface area contributed by atoms with E-state index in [-0.39, 0.29) is 17.6 Å². The molecule has 3 heteroatoms. The highest BCUT2D eigenvalue weighted by atomic mass is 28.4. The Morgan fingerprint density at radius 3 is 1.93 bits per heavy atom. The number of aliphatic hydroxyl groups excluding tert-OH is 1. The molecule has 150 valence electrons. The van der Waals surface area contributed by atoms with Crippen LogP contribution in [0.2, 0.25) is 5.04 Å². The van der Waals surface area contributed by atoms with Crippen molar-refractivity contribution in [3.05, 3.63) is 84.5 Å². The first kappa shape index (κ1) is 22.3. The Kier molecular flexibility index (Phi) is 7.99. The fourth-order valence-corrected chi connectivity index (χ4v) is 8.48. The van der Waals surface area contributed by atoms with Gasteiger partial charge in [0, 0.05) is 6.61 Å². The van der Waals surface area contributed by atoms with Crippen molar-refractivity contribution in [2.75, 3.05) is 13.2 Å². The Hall–Kier alpha value is -1.94. The molecule has 0 fully saturated rings. The lowest BCUT2D eigenvalue weighted by Gasteiger charge is -2.43. The Morgan fingerprint density at radius 1 is 1.00 bits per heavy atom. The predicted octanol–water partition coefficient (Wildman–Crippen LogP) is 4.69. The maximum Gasteiger partial charge on any atom is 0.261 e. The minimum Gasteiger partial charge on any atom is -0.407 e. The highest BCUT2D eigenvalue weighted by Crippen LogP contribution is 2.37. The lowest BCUT2D eigenvalue weighted by atomic mass is 10.1. The first-order chi connectivity index (χ1) is 13.3. The normalized spacial score (nSPS) is 14.4. The van der Waals surface area contributed by atoms with Crippen molar-refractivity contribution in [2.24, 2.45) is 5.92 Å². The molecule has 2 aromatic carbocycles. The molecule has 2 aromatic rings. The third kappa shape index (κ3) is 5.31. The third-order valence-corrected chi connectivity index (χ3v) is 10.0. The van der Waals surface area contributed by atoms with E-state index in [0.717, 1.165) is 5.57 Å². The van der Waals surface area contributed by atoms with E-state index in [2.05, 4.69) is 101 Å². The molecular weight excluding hydrogens is 360 g/mol. The highest BCUT2D eigenvalue weighted by molar-refractivity contribution is 6.99. The van der Waals surface area contributed by atoms with Crippen molar-refractivity contribution in [1.82, 2.24) is 0 Å². The average molecular weight is 395 g/mol. The van der Waals surface area contributed by atoms with E-state index in [1.807, 2.05) is 6.08 Å². The molecule has 0 saturated carbocycles. The molecule has 0 aliphatic heterocycles. The molecule has 0 radical (unpaired) electrons. The van der Waals surface area contributed by atoms with Gasteiger partial charge in [-0.3, -0.25) is 0 Å². The van der Waals surface area contributed by atoms with Crippen LogP contribution in [-0.4, -0.2) is 26.6 Å². The lowest BCUT2D eigenvalue weighted by molar-refractivity contribution is 0.267. The number of hydrogen-bond donors (Lipinski definition) is 1. The van der Waals surface area contributed by atoms with Crippen LogP contribution in [-0.2, 0) is 4.43 Å². The minimum absolute atomic E-state index is 0.00895. The Labute approximate surface area is 171 Å². The third-order valence-electron chi connectivity index (χ3n) is 5.01. The van der Waals surface area contributed by atoms with Crippen LogP contribution < -0.4 is 10.4 Å². The van der Waals surface area contributed by atoms with Crippen LogP contribution in [0.25, 0.3) is 0 Å². The molecule has 0 bridgehead atoms. The standard InChI is InChI=1S/C25H34O2Si/c1-21(13-12-18-26)19-22(2)20-27-28(25(3,4)5,23-14-8-6-9-15-23)24-16-10-7-11-17-24/h6-17,19,22,26H,18,20H2,1-5H3/b13-12+,21-19-/t22-/m0/s1. The second kappa shape index (κ2) is 10.0. The smallest absolute Gasteiger partial charge is 0.261 e. The summed E-state index contributed by atoms with van der Waals surface area (Å²) in [5, 5.41) is 11.6. The Bertz CT molecular complexity index is 734. The van der Waals surface area contributed by atoms with E-state index >= 15 is 0 Å². The van der Waals surface area contributed by atoms with E-state index < -0.39 is 8.32 Å². The average Bonchev–Trinajstić information content (AvgIpc) is 2.67. The molecule has 2 rings (SSSR count). The molecule has 2 nitrogen and oxygen atoms in total. The monoisotopic (exact) mass is 394 g/mol. The van der Waals surface area contributed by atoms with Crippen molar-refractivity contribution in [1.29, 1.82) is 0 Å². The molecule has 0 spiro atoms. The molecule has 0 amide bonds. The Morgan fingerprint density at radius 2 is 1.50 bits per heavy atom. The van der Waals surface area contributed by atoms with Gasteiger partial charge in [-0.1, -0.05) is 112 Å². The molecule has 0 heterocycles. The van der Waals surface area contributed by atoms with Crippen LogP contribution in [0.5, 0.6) is 0 Å². The quantitative estimate of drug-likeness (QED) is 0.520. The van der Waals surface area contributed by atoms with Gasteiger partial charge >= 0.3 is 0 Å². The van der Waals surface area contributed by atoms with Gasteiger partial charge in [-0.25, -0.2) is 0 Å². The summed E-state index contributed by atoms with van der Waals surface area (Å²) in [7, 11) is -2.48. The summed E-state index contributed by atoms with van der Waals surface area (Å²) in [6, 6.07) is 21.5. The number of aliphatic hydroxyl groups is 1. The zero-order valence-electron chi connectivity index (χ0n) is 17.9. The van der Waals surface area contributed by atoms with Crippen LogP contribution in [0.1, 0.15) is 34.6 Å². The van der Waals surface area contributed by atoms with Crippen LogP contribution in [0.3, 0.4) is 0 Å². The summed E-state index contributed by atoms with van der Waals surface area (Å²) < 4.78 is 6.95. The van der Waals surface area contributed by atoms with Gasteiger partial charge in [0.15, 0.2) is 0 Å². The molecule has 0 aliphatic carbocycles. The number of rotatable bonds is 8. The lowest BCUT2D eigenvalue weighted by Crippen LogP contribution is -2.66. The fourth-order valence-electron chi connectivity index (χ4n) is 3.81. The zero-order valence-corrected chi connectivity index (χ0v) is 18.9. The van der Waals surface area contributed by atoms with Gasteiger partial charge < -0.3 is 9.53 Å². The van der Waals surface area contributed by atoms with Gasteiger partial charge in [-0.15, -0.1) is 0 Å². The SMILES string of the molecule is CC(=C/[C@H](C)CO[Si](c1ccccc1)(c1ccccc1)C(C)(C)C)/C=C/CO. The number of benzene rings is 2. The second-order valence-electron chi connectivity index (χ2n) is 8.45. The van der Waals surface area contributed by atoms with Gasteiger partial charge in [0.1, 0.15) is 0 Å². The van der Waals surface area contributed by atoms with E-state index in [1.165, 1.54) is 10.4 Å². The second-order valence-corrected chi connectivity index (χ2v) is 12.8. The Balaban J connectivity index is 2.43. The molecule has 0 aromatic heterocycles. The van der Waals surface area contributed by atoms with Crippen LogP contribution in [0.15, 0.2) is 84.5 Å². The van der Waals surface area contributed by atoms with Gasteiger partial charge in [-0.2, -0.15) is 0 Å².